The van der Waals surface area contributed by atoms with Crippen LogP contribution in [0, 0.1) is 0 Å². The van der Waals surface area contributed by atoms with E-state index in [1.807, 2.05) is 13.8 Å². The van der Waals surface area contributed by atoms with Crippen LogP contribution in [0.15, 0.2) is 0 Å². The normalized spacial score (nSPS) is 26.4. The number of ether oxygens (including phenoxy) is 4. The van der Waals surface area contributed by atoms with Crippen LogP contribution in [0.2, 0.25) is 0 Å². The lowest BCUT2D eigenvalue weighted by Crippen LogP contribution is -2.51. The number of ketones is 1. The Kier molecular flexibility index (Phi) is 6.09. The van der Waals surface area contributed by atoms with Gasteiger partial charge in [-0.1, -0.05) is 0 Å². The van der Waals surface area contributed by atoms with Gasteiger partial charge >= 0.3 is 11.9 Å². The van der Waals surface area contributed by atoms with Gasteiger partial charge in [0.05, 0.1) is 12.5 Å². The summed E-state index contributed by atoms with van der Waals surface area (Å²) in [7, 11) is 0. The van der Waals surface area contributed by atoms with Gasteiger partial charge < -0.3 is 18.9 Å². The molecule has 1 fully saturated rings. The van der Waals surface area contributed by atoms with E-state index in [1.54, 1.807) is 0 Å². The van der Waals surface area contributed by atoms with Crippen molar-refractivity contribution < 1.29 is 33.3 Å². The molecule has 0 spiro atoms. The minimum Gasteiger partial charge on any atom is -0.463 e. The van der Waals surface area contributed by atoms with Crippen LogP contribution in [0.3, 0.4) is 0 Å². The second-order valence-corrected chi connectivity index (χ2v) is 4.79. The molecule has 20 heavy (non-hydrogen) atoms. The van der Waals surface area contributed by atoms with Crippen molar-refractivity contribution in [3.05, 3.63) is 0 Å². The fourth-order valence-electron chi connectivity index (χ4n) is 1.83. The fourth-order valence-corrected chi connectivity index (χ4v) is 1.83. The second-order valence-electron chi connectivity index (χ2n) is 4.79. The van der Waals surface area contributed by atoms with E-state index in [-0.39, 0.29) is 24.9 Å². The Labute approximate surface area is 117 Å². The zero-order valence-corrected chi connectivity index (χ0v) is 12.1. The molecule has 0 aromatic heterocycles. The van der Waals surface area contributed by atoms with Crippen LogP contribution in [-0.2, 0) is 33.3 Å². The smallest absolute Gasteiger partial charge is 0.303 e. The standard InChI is InChI=1S/C13H20O7/c1-7(2)18-12-5-10(16)13(19-9(4)15)11(20-12)6-17-8(3)14/h7,11-13H,5-6H2,1-4H3/t11-,12+,13+/m1/s1. The molecule has 7 nitrogen and oxygen atoms in total. The Balaban J connectivity index is 2.74. The van der Waals surface area contributed by atoms with Crippen LogP contribution in [0.5, 0.6) is 0 Å². The molecule has 0 amide bonds. The largest absolute Gasteiger partial charge is 0.463 e. The summed E-state index contributed by atoms with van der Waals surface area (Å²) in [5.74, 6) is -1.41. The molecule has 1 aliphatic heterocycles. The first-order chi connectivity index (χ1) is 9.29. The highest BCUT2D eigenvalue weighted by molar-refractivity contribution is 5.86. The van der Waals surface area contributed by atoms with Crippen molar-refractivity contribution in [1.29, 1.82) is 0 Å². The molecule has 0 unspecified atom stereocenters. The molecule has 0 aromatic rings. The van der Waals surface area contributed by atoms with Gasteiger partial charge in [0.15, 0.2) is 18.2 Å². The number of carbonyl (C=O) groups excluding carboxylic acids is 3. The lowest BCUT2D eigenvalue weighted by Gasteiger charge is -2.34. The van der Waals surface area contributed by atoms with E-state index in [0.717, 1.165) is 0 Å². The molecule has 0 aliphatic carbocycles. The molecule has 7 heteroatoms. The van der Waals surface area contributed by atoms with Crippen LogP contribution >= 0.6 is 0 Å². The number of rotatable bonds is 5. The van der Waals surface area contributed by atoms with Crippen molar-refractivity contribution in [2.24, 2.45) is 0 Å². The number of esters is 2. The van der Waals surface area contributed by atoms with Gasteiger partial charge in [-0.15, -0.1) is 0 Å². The summed E-state index contributed by atoms with van der Waals surface area (Å²) < 4.78 is 20.7. The highest BCUT2D eigenvalue weighted by atomic mass is 16.7. The molecule has 1 saturated heterocycles. The van der Waals surface area contributed by atoms with Crippen molar-refractivity contribution in [3.8, 4) is 0 Å². The van der Waals surface area contributed by atoms with Gasteiger partial charge in [-0.25, -0.2) is 0 Å². The van der Waals surface area contributed by atoms with Crippen molar-refractivity contribution in [2.75, 3.05) is 6.61 Å². The zero-order chi connectivity index (χ0) is 15.3. The predicted octanol–water partition coefficient (Wildman–Crippen LogP) is 0.590. The maximum Gasteiger partial charge on any atom is 0.303 e. The molecule has 0 aromatic carbocycles. The van der Waals surface area contributed by atoms with E-state index in [0.29, 0.717) is 0 Å². The monoisotopic (exact) mass is 288 g/mol. The van der Waals surface area contributed by atoms with Crippen LogP contribution in [0.25, 0.3) is 0 Å². The maximum absolute atomic E-state index is 12.0. The van der Waals surface area contributed by atoms with Crippen LogP contribution in [0.1, 0.15) is 34.1 Å². The average Bonchev–Trinajstić information content (AvgIpc) is 2.29. The maximum atomic E-state index is 12.0. The second kappa shape index (κ2) is 7.35. The van der Waals surface area contributed by atoms with Gasteiger partial charge in [-0.3, -0.25) is 14.4 Å². The van der Waals surface area contributed by atoms with Crippen LogP contribution in [0.4, 0.5) is 0 Å². The lowest BCUT2D eigenvalue weighted by atomic mass is 10.0. The Morgan fingerprint density at radius 3 is 2.45 bits per heavy atom. The summed E-state index contributed by atoms with van der Waals surface area (Å²) in [5, 5.41) is 0. The summed E-state index contributed by atoms with van der Waals surface area (Å²) in [4.78, 5) is 33.9. The predicted molar refractivity (Wildman–Crippen MR) is 66.7 cm³/mol. The number of hydrogen-bond donors (Lipinski definition) is 0. The van der Waals surface area contributed by atoms with Gasteiger partial charge in [0.25, 0.3) is 0 Å². The first-order valence-corrected chi connectivity index (χ1v) is 6.43. The first kappa shape index (κ1) is 16.6. The van der Waals surface area contributed by atoms with Gasteiger partial charge in [-0.2, -0.15) is 0 Å². The molecule has 0 radical (unpaired) electrons. The Hall–Kier alpha value is -1.47. The molecular weight excluding hydrogens is 268 g/mol. The fraction of sp³-hybridized carbons (Fsp3) is 0.769. The SMILES string of the molecule is CC(=O)OC[C@H]1O[C@H](OC(C)C)CC(=O)[C@@H]1OC(C)=O. The molecule has 0 N–H and O–H groups in total. The topological polar surface area (TPSA) is 88.1 Å². The van der Waals surface area contributed by atoms with E-state index in [9.17, 15) is 14.4 Å². The van der Waals surface area contributed by atoms with Gasteiger partial charge in [0, 0.05) is 13.8 Å². The van der Waals surface area contributed by atoms with Gasteiger partial charge in [0.2, 0.25) is 0 Å². The minimum absolute atomic E-state index is 0.00724. The Morgan fingerprint density at radius 2 is 1.95 bits per heavy atom. The number of carbonyl (C=O) groups is 3. The molecule has 0 saturated carbocycles. The Morgan fingerprint density at radius 1 is 1.30 bits per heavy atom. The minimum atomic E-state index is -1.07. The van der Waals surface area contributed by atoms with Crippen molar-refractivity contribution in [2.45, 2.75) is 58.7 Å². The molecule has 1 heterocycles. The molecule has 114 valence electrons. The highest BCUT2D eigenvalue weighted by Gasteiger charge is 2.41. The van der Waals surface area contributed by atoms with Crippen LogP contribution in [-0.4, -0.2) is 48.9 Å². The molecule has 3 atom stereocenters. The van der Waals surface area contributed by atoms with E-state index < -0.39 is 30.4 Å². The van der Waals surface area contributed by atoms with Crippen LogP contribution < -0.4 is 0 Å². The summed E-state index contributed by atoms with van der Waals surface area (Å²) in [5.41, 5.74) is 0. The van der Waals surface area contributed by atoms with Crippen molar-refractivity contribution in [3.63, 3.8) is 0 Å². The van der Waals surface area contributed by atoms with E-state index in [2.05, 4.69) is 0 Å². The van der Waals surface area contributed by atoms with Crippen molar-refractivity contribution >= 4 is 17.7 Å². The molecular formula is C13H20O7. The summed E-state index contributed by atoms with van der Waals surface area (Å²) in [6, 6.07) is 0. The third-order valence-corrected chi connectivity index (χ3v) is 2.52. The highest BCUT2D eigenvalue weighted by Crippen LogP contribution is 2.22. The lowest BCUT2D eigenvalue weighted by molar-refractivity contribution is -0.239. The third kappa shape index (κ3) is 5.26. The van der Waals surface area contributed by atoms with Gasteiger partial charge in [0.1, 0.15) is 12.7 Å². The molecule has 1 aliphatic rings. The third-order valence-electron chi connectivity index (χ3n) is 2.52. The van der Waals surface area contributed by atoms with Gasteiger partial charge in [-0.05, 0) is 13.8 Å². The number of hydrogen-bond acceptors (Lipinski definition) is 7. The number of Topliss-reactive ketones (excluding diaryl/α,β-unsaturated/α-hetero) is 1. The van der Waals surface area contributed by atoms with E-state index in [1.165, 1.54) is 13.8 Å². The quantitative estimate of drug-likeness (QED) is 0.684. The molecule has 1 rings (SSSR count). The van der Waals surface area contributed by atoms with Crippen molar-refractivity contribution in [1.82, 2.24) is 0 Å². The van der Waals surface area contributed by atoms with E-state index in [4.69, 9.17) is 18.9 Å². The Bertz CT molecular complexity index is 377. The summed E-state index contributed by atoms with van der Waals surface area (Å²) >= 11 is 0. The first-order valence-electron chi connectivity index (χ1n) is 6.43. The van der Waals surface area contributed by atoms with E-state index >= 15 is 0 Å². The summed E-state index contributed by atoms with van der Waals surface area (Å²) in [6.45, 7) is 5.90. The zero-order valence-electron chi connectivity index (χ0n) is 12.1. The molecule has 0 bridgehead atoms. The summed E-state index contributed by atoms with van der Waals surface area (Å²) in [6.07, 6.45) is -2.78. The average molecular weight is 288 g/mol.